The van der Waals surface area contributed by atoms with Crippen molar-refractivity contribution in [3.8, 4) is 0 Å². The second-order valence-corrected chi connectivity index (χ2v) is 6.59. The molecule has 1 heterocycles. The van der Waals surface area contributed by atoms with Crippen LogP contribution in [0.4, 0.5) is 0 Å². The fraction of sp³-hybridized carbons (Fsp3) is 0.562. The molecule has 3 heteroatoms. The quantitative estimate of drug-likeness (QED) is 0.851. The van der Waals surface area contributed by atoms with Gasteiger partial charge in [0.25, 0.3) is 0 Å². The third kappa shape index (κ3) is 4.29. The first-order valence-electron chi connectivity index (χ1n) is 7.21. The standard InChI is InChI=1S/C16H24N2S/c1-4-17-11-16-18-10-15(19-16)9-13(3)14-7-5-6-12(2)8-14/h5,7-8,10,12-13,17H,4,6,9,11H2,1-3H3. The molecule has 19 heavy (non-hydrogen) atoms. The van der Waals surface area contributed by atoms with Gasteiger partial charge in [-0.15, -0.1) is 11.3 Å². The Hall–Kier alpha value is -0.930. The Morgan fingerprint density at radius 3 is 3.11 bits per heavy atom. The molecule has 2 atom stereocenters. The van der Waals surface area contributed by atoms with Gasteiger partial charge < -0.3 is 5.32 Å². The average Bonchev–Trinajstić information content (AvgIpc) is 2.84. The van der Waals surface area contributed by atoms with Crippen LogP contribution in [-0.4, -0.2) is 11.5 Å². The van der Waals surface area contributed by atoms with Crippen molar-refractivity contribution in [3.63, 3.8) is 0 Å². The highest BCUT2D eigenvalue weighted by molar-refractivity contribution is 7.11. The van der Waals surface area contributed by atoms with Crippen molar-refractivity contribution in [3.05, 3.63) is 39.9 Å². The molecule has 2 nitrogen and oxygen atoms in total. The van der Waals surface area contributed by atoms with E-state index in [2.05, 4.69) is 49.3 Å². The van der Waals surface area contributed by atoms with Crippen molar-refractivity contribution in [1.29, 1.82) is 0 Å². The summed E-state index contributed by atoms with van der Waals surface area (Å²) in [7, 11) is 0. The molecule has 0 spiro atoms. The second kappa shape index (κ2) is 7.01. The van der Waals surface area contributed by atoms with Gasteiger partial charge in [-0.1, -0.05) is 39.0 Å². The maximum atomic E-state index is 4.49. The van der Waals surface area contributed by atoms with Gasteiger partial charge in [-0.3, -0.25) is 0 Å². The fourth-order valence-corrected chi connectivity index (χ4v) is 3.40. The Morgan fingerprint density at radius 1 is 1.53 bits per heavy atom. The molecule has 1 aromatic rings. The number of nitrogens with one attached hydrogen (secondary N) is 1. The van der Waals surface area contributed by atoms with Crippen molar-refractivity contribution in [2.45, 2.75) is 40.2 Å². The van der Waals surface area contributed by atoms with Crippen LogP contribution >= 0.6 is 11.3 Å². The molecular formula is C16H24N2S. The predicted molar refractivity (Wildman–Crippen MR) is 83.4 cm³/mol. The van der Waals surface area contributed by atoms with Crippen LogP contribution in [0.25, 0.3) is 0 Å². The third-order valence-corrected chi connectivity index (χ3v) is 4.52. The van der Waals surface area contributed by atoms with Gasteiger partial charge in [0.05, 0.1) is 0 Å². The van der Waals surface area contributed by atoms with Crippen LogP contribution in [0.1, 0.15) is 37.1 Å². The van der Waals surface area contributed by atoms with Gasteiger partial charge in [0.15, 0.2) is 0 Å². The number of aromatic nitrogens is 1. The molecule has 2 unspecified atom stereocenters. The van der Waals surface area contributed by atoms with E-state index < -0.39 is 0 Å². The van der Waals surface area contributed by atoms with E-state index in [1.54, 1.807) is 0 Å². The van der Waals surface area contributed by atoms with Crippen LogP contribution in [0.15, 0.2) is 30.0 Å². The van der Waals surface area contributed by atoms with Crippen LogP contribution < -0.4 is 5.32 Å². The molecule has 0 amide bonds. The average molecular weight is 276 g/mol. The number of thiazole rings is 1. The zero-order chi connectivity index (χ0) is 13.7. The highest BCUT2D eigenvalue weighted by Crippen LogP contribution is 2.26. The normalized spacial score (nSPS) is 20.4. The molecule has 1 aliphatic carbocycles. The summed E-state index contributed by atoms with van der Waals surface area (Å²) in [5, 5.41) is 4.53. The molecule has 0 aliphatic heterocycles. The first kappa shape index (κ1) is 14.5. The summed E-state index contributed by atoms with van der Waals surface area (Å²) in [4.78, 5) is 5.88. The van der Waals surface area contributed by atoms with Crippen LogP contribution in [0, 0.1) is 11.8 Å². The number of nitrogens with zero attached hydrogens (tertiary/aromatic N) is 1. The summed E-state index contributed by atoms with van der Waals surface area (Å²) in [5.41, 5.74) is 1.49. The summed E-state index contributed by atoms with van der Waals surface area (Å²) in [6.07, 6.45) is 11.4. The van der Waals surface area contributed by atoms with Crippen molar-refractivity contribution >= 4 is 11.3 Å². The Kier molecular flexibility index (Phi) is 5.34. The van der Waals surface area contributed by atoms with E-state index in [9.17, 15) is 0 Å². The first-order chi connectivity index (χ1) is 9.19. The van der Waals surface area contributed by atoms with E-state index in [1.807, 2.05) is 17.5 Å². The van der Waals surface area contributed by atoms with Crippen molar-refractivity contribution in [1.82, 2.24) is 10.3 Å². The van der Waals surface area contributed by atoms with Crippen LogP contribution in [0.5, 0.6) is 0 Å². The maximum absolute atomic E-state index is 4.49. The maximum Gasteiger partial charge on any atom is 0.107 e. The van der Waals surface area contributed by atoms with Crippen LogP contribution in [-0.2, 0) is 13.0 Å². The summed E-state index contributed by atoms with van der Waals surface area (Å²) in [6, 6.07) is 0. The summed E-state index contributed by atoms with van der Waals surface area (Å²) in [5.74, 6) is 1.28. The molecule has 1 aliphatic rings. The first-order valence-corrected chi connectivity index (χ1v) is 8.03. The zero-order valence-corrected chi connectivity index (χ0v) is 13.0. The Labute approximate surface area is 120 Å². The minimum atomic E-state index is 0.589. The lowest BCUT2D eigenvalue weighted by atomic mass is 9.89. The third-order valence-electron chi connectivity index (χ3n) is 3.50. The zero-order valence-electron chi connectivity index (χ0n) is 12.1. The van der Waals surface area contributed by atoms with Crippen molar-refractivity contribution < 1.29 is 0 Å². The molecule has 2 rings (SSSR count). The van der Waals surface area contributed by atoms with E-state index in [0.29, 0.717) is 11.8 Å². The van der Waals surface area contributed by atoms with Crippen LogP contribution in [0.3, 0.4) is 0 Å². The molecule has 0 fully saturated rings. The molecule has 0 saturated heterocycles. The van der Waals surface area contributed by atoms with Gasteiger partial charge in [-0.25, -0.2) is 4.98 Å². The molecule has 0 radical (unpaired) electrons. The lowest BCUT2D eigenvalue weighted by Gasteiger charge is -2.17. The highest BCUT2D eigenvalue weighted by Gasteiger charge is 2.13. The van der Waals surface area contributed by atoms with Gasteiger partial charge in [0.1, 0.15) is 5.01 Å². The largest absolute Gasteiger partial charge is 0.311 e. The van der Waals surface area contributed by atoms with E-state index in [1.165, 1.54) is 21.9 Å². The molecule has 0 aromatic carbocycles. The van der Waals surface area contributed by atoms with Crippen LogP contribution in [0.2, 0.25) is 0 Å². The topological polar surface area (TPSA) is 24.9 Å². The van der Waals surface area contributed by atoms with E-state index >= 15 is 0 Å². The monoisotopic (exact) mass is 276 g/mol. The molecular weight excluding hydrogens is 252 g/mol. The second-order valence-electron chi connectivity index (χ2n) is 5.39. The molecule has 0 saturated carbocycles. The number of rotatable bonds is 6. The van der Waals surface area contributed by atoms with E-state index in [0.717, 1.165) is 19.5 Å². The lowest BCUT2D eigenvalue weighted by Crippen LogP contribution is -2.11. The lowest BCUT2D eigenvalue weighted by molar-refractivity contribution is 0.654. The summed E-state index contributed by atoms with van der Waals surface area (Å²) in [6.45, 7) is 8.63. The highest BCUT2D eigenvalue weighted by atomic mass is 32.1. The number of hydrogen-bond acceptors (Lipinski definition) is 3. The number of allylic oxidation sites excluding steroid dienone is 4. The van der Waals surface area contributed by atoms with Gasteiger partial charge in [0, 0.05) is 17.6 Å². The van der Waals surface area contributed by atoms with Crippen molar-refractivity contribution in [2.24, 2.45) is 11.8 Å². The SMILES string of the molecule is CCNCc1ncc(CC(C)C2=CC(C)CC=C2)s1. The van der Waals surface area contributed by atoms with Gasteiger partial charge in [-0.05, 0) is 36.8 Å². The minimum Gasteiger partial charge on any atom is -0.311 e. The van der Waals surface area contributed by atoms with Gasteiger partial charge in [0.2, 0.25) is 0 Å². The van der Waals surface area contributed by atoms with Crippen molar-refractivity contribution in [2.75, 3.05) is 6.54 Å². The molecule has 1 N–H and O–H groups in total. The van der Waals surface area contributed by atoms with Gasteiger partial charge in [-0.2, -0.15) is 0 Å². The smallest absolute Gasteiger partial charge is 0.107 e. The fourth-order valence-electron chi connectivity index (χ4n) is 2.38. The molecule has 1 aromatic heterocycles. The predicted octanol–water partition coefficient (Wildman–Crippen LogP) is 3.95. The van der Waals surface area contributed by atoms with E-state index in [-0.39, 0.29) is 0 Å². The summed E-state index contributed by atoms with van der Waals surface area (Å²) < 4.78 is 0. The number of hydrogen-bond donors (Lipinski definition) is 1. The van der Waals surface area contributed by atoms with Gasteiger partial charge >= 0.3 is 0 Å². The Balaban J connectivity index is 1.93. The Bertz CT molecular complexity index is 459. The Morgan fingerprint density at radius 2 is 2.37 bits per heavy atom. The summed E-state index contributed by atoms with van der Waals surface area (Å²) >= 11 is 1.84. The van der Waals surface area contributed by atoms with E-state index in [4.69, 9.17) is 0 Å². The molecule has 0 bridgehead atoms. The molecule has 104 valence electrons. The minimum absolute atomic E-state index is 0.589.